The van der Waals surface area contributed by atoms with E-state index in [9.17, 15) is 4.79 Å². The lowest BCUT2D eigenvalue weighted by Gasteiger charge is -2.36. The number of rotatable bonds is 6. The number of amides is 1. The highest BCUT2D eigenvalue weighted by Gasteiger charge is 2.19. The van der Waals surface area contributed by atoms with Crippen LogP contribution in [0.2, 0.25) is 0 Å². The fourth-order valence-corrected chi connectivity index (χ4v) is 1.57. The Hall–Kier alpha value is -0.610. The molecule has 0 radical (unpaired) electrons. The third-order valence-electron chi connectivity index (χ3n) is 2.18. The molecular weight excluding hydrogens is 178 g/mol. The molecule has 4 nitrogen and oxygen atoms in total. The fourth-order valence-electron chi connectivity index (χ4n) is 1.57. The van der Waals surface area contributed by atoms with Crippen LogP contribution in [0.1, 0.15) is 34.1 Å². The average Bonchev–Trinajstić information content (AvgIpc) is 2.13. The maximum Gasteiger partial charge on any atom is 0.238 e. The fraction of sp³-hybridized carbons (Fsp3) is 0.900. The number of hydrogen-bond donors (Lipinski definition) is 1. The van der Waals surface area contributed by atoms with Gasteiger partial charge in [0, 0.05) is 32.1 Å². The summed E-state index contributed by atoms with van der Waals surface area (Å²) in [7, 11) is 0. The first kappa shape index (κ1) is 13.4. The first-order valence-electron chi connectivity index (χ1n) is 5.35. The molecule has 0 atom stereocenters. The predicted molar refractivity (Wildman–Crippen MR) is 58.6 cm³/mol. The largest absolute Gasteiger partial charge is 0.330 e. The topological polar surface area (TPSA) is 49.6 Å². The normalized spacial score (nSPS) is 11.1. The van der Waals surface area contributed by atoms with E-state index in [-0.39, 0.29) is 5.91 Å². The van der Waals surface area contributed by atoms with Crippen molar-refractivity contribution < 1.29 is 4.79 Å². The molecule has 0 spiro atoms. The molecule has 14 heavy (non-hydrogen) atoms. The van der Waals surface area contributed by atoms with Gasteiger partial charge in [-0.3, -0.25) is 9.80 Å². The molecule has 0 aliphatic rings. The maximum absolute atomic E-state index is 11.7. The monoisotopic (exact) mass is 201 g/mol. The molecule has 0 aromatic carbocycles. The Morgan fingerprint density at radius 2 is 1.86 bits per heavy atom. The van der Waals surface area contributed by atoms with E-state index in [1.807, 2.05) is 6.92 Å². The van der Waals surface area contributed by atoms with Crippen molar-refractivity contribution in [2.24, 2.45) is 5.73 Å². The van der Waals surface area contributed by atoms with Gasteiger partial charge in [-0.05, 0) is 20.8 Å². The summed E-state index contributed by atoms with van der Waals surface area (Å²) < 4.78 is 0. The van der Waals surface area contributed by atoms with Gasteiger partial charge in [-0.15, -0.1) is 0 Å². The van der Waals surface area contributed by atoms with Gasteiger partial charge in [-0.2, -0.15) is 0 Å². The number of hydrazine groups is 1. The Morgan fingerprint density at radius 3 is 2.14 bits per heavy atom. The summed E-state index contributed by atoms with van der Waals surface area (Å²) in [5, 5.41) is 3.86. The third-order valence-corrected chi connectivity index (χ3v) is 2.18. The third kappa shape index (κ3) is 3.64. The second-order valence-electron chi connectivity index (χ2n) is 3.50. The molecule has 0 aliphatic carbocycles. The average molecular weight is 201 g/mol. The van der Waals surface area contributed by atoms with Gasteiger partial charge in [-0.25, -0.2) is 5.01 Å². The molecule has 4 heteroatoms. The second kappa shape index (κ2) is 6.79. The van der Waals surface area contributed by atoms with Crippen molar-refractivity contribution in [3.05, 3.63) is 0 Å². The van der Waals surface area contributed by atoms with Crippen molar-refractivity contribution in [3.8, 4) is 0 Å². The van der Waals surface area contributed by atoms with Crippen LogP contribution >= 0.6 is 0 Å². The molecule has 0 rings (SSSR count). The quantitative estimate of drug-likeness (QED) is 0.648. The number of hydrogen-bond acceptors (Lipinski definition) is 3. The summed E-state index contributed by atoms with van der Waals surface area (Å²) in [6.07, 6.45) is 0.428. The number of nitrogens with zero attached hydrogens (tertiary/aromatic N) is 2. The molecule has 2 N–H and O–H groups in total. The molecule has 0 fully saturated rings. The minimum atomic E-state index is 0.116. The Labute approximate surface area is 87.0 Å². The first-order chi connectivity index (χ1) is 6.58. The Morgan fingerprint density at radius 1 is 1.29 bits per heavy atom. The summed E-state index contributed by atoms with van der Waals surface area (Å²) >= 11 is 0. The van der Waals surface area contributed by atoms with Crippen molar-refractivity contribution in [3.63, 3.8) is 0 Å². The molecule has 84 valence electrons. The van der Waals surface area contributed by atoms with Crippen LogP contribution in [0.15, 0.2) is 0 Å². The van der Waals surface area contributed by atoms with Crippen LogP contribution in [-0.2, 0) is 4.79 Å². The van der Waals surface area contributed by atoms with Crippen LogP contribution in [0.4, 0.5) is 0 Å². The minimum absolute atomic E-state index is 0.116. The lowest BCUT2D eigenvalue weighted by Crippen LogP contribution is -2.50. The first-order valence-corrected chi connectivity index (χ1v) is 5.35. The van der Waals surface area contributed by atoms with E-state index in [0.29, 0.717) is 25.6 Å². The molecule has 0 saturated heterocycles. The van der Waals surface area contributed by atoms with Crippen molar-refractivity contribution in [1.29, 1.82) is 0 Å². The van der Waals surface area contributed by atoms with Crippen molar-refractivity contribution in [2.75, 3.05) is 19.6 Å². The Kier molecular flexibility index (Phi) is 6.49. The smallest absolute Gasteiger partial charge is 0.238 e. The van der Waals surface area contributed by atoms with Crippen molar-refractivity contribution in [1.82, 2.24) is 10.0 Å². The van der Waals surface area contributed by atoms with Crippen LogP contribution in [0.25, 0.3) is 0 Å². The lowest BCUT2D eigenvalue weighted by molar-refractivity contribution is -0.151. The van der Waals surface area contributed by atoms with Crippen LogP contribution in [0, 0.1) is 0 Å². The Bertz CT molecular complexity index is 171. The van der Waals surface area contributed by atoms with Gasteiger partial charge in [0.25, 0.3) is 0 Å². The molecular formula is C10H23N3O. The number of carbonyl (C=O) groups excluding carboxylic acids is 1. The molecule has 1 amide bonds. The highest BCUT2D eigenvalue weighted by atomic mass is 16.2. The van der Waals surface area contributed by atoms with Crippen LogP contribution in [0.5, 0.6) is 0 Å². The highest BCUT2D eigenvalue weighted by Crippen LogP contribution is 2.05. The van der Waals surface area contributed by atoms with Crippen LogP contribution in [-0.4, -0.2) is 41.6 Å². The van der Waals surface area contributed by atoms with Crippen LogP contribution < -0.4 is 5.73 Å². The van der Waals surface area contributed by atoms with Gasteiger partial charge >= 0.3 is 0 Å². The molecule has 0 aliphatic heterocycles. The summed E-state index contributed by atoms with van der Waals surface area (Å²) in [5.41, 5.74) is 5.37. The van der Waals surface area contributed by atoms with E-state index in [2.05, 4.69) is 25.8 Å². The molecule has 0 aromatic heterocycles. The number of nitrogens with two attached hydrogens (primary N) is 1. The van der Waals surface area contributed by atoms with Gasteiger partial charge in [0.2, 0.25) is 5.91 Å². The summed E-state index contributed by atoms with van der Waals surface area (Å²) in [6.45, 7) is 10.2. The zero-order valence-electron chi connectivity index (χ0n) is 9.79. The SMILES string of the molecule is CCN(C(=O)CCN)N(CC)C(C)C. The standard InChI is InChI=1S/C10H23N3O/c1-5-12(9(3)4)13(6-2)10(14)7-8-11/h9H,5-8,11H2,1-4H3. The van der Waals surface area contributed by atoms with Gasteiger partial charge in [0.1, 0.15) is 0 Å². The van der Waals surface area contributed by atoms with E-state index in [1.54, 1.807) is 5.01 Å². The number of carbonyl (C=O) groups is 1. The Balaban J connectivity index is 4.42. The summed E-state index contributed by atoms with van der Waals surface area (Å²) in [4.78, 5) is 11.7. The van der Waals surface area contributed by atoms with E-state index in [0.717, 1.165) is 6.54 Å². The summed E-state index contributed by atoms with van der Waals surface area (Å²) in [5.74, 6) is 0.116. The maximum atomic E-state index is 11.7. The van der Waals surface area contributed by atoms with Gasteiger partial charge < -0.3 is 5.73 Å². The molecule has 0 heterocycles. The zero-order valence-corrected chi connectivity index (χ0v) is 9.79. The lowest BCUT2D eigenvalue weighted by atomic mass is 10.3. The van der Waals surface area contributed by atoms with Gasteiger partial charge in [0.05, 0.1) is 0 Å². The zero-order chi connectivity index (χ0) is 11.1. The van der Waals surface area contributed by atoms with E-state index in [4.69, 9.17) is 5.73 Å². The molecule has 0 unspecified atom stereocenters. The highest BCUT2D eigenvalue weighted by molar-refractivity contribution is 5.75. The van der Waals surface area contributed by atoms with Gasteiger partial charge in [-0.1, -0.05) is 6.92 Å². The minimum Gasteiger partial charge on any atom is -0.330 e. The van der Waals surface area contributed by atoms with Crippen molar-refractivity contribution >= 4 is 5.91 Å². The van der Waals surface area contributed by atoms with Gasteiger partial charge in [0.15, 0.2) is 0 Å². The van der Waals surface area contributed by atoms with E-state index < -0.39 is 0 Å². The van der Waals surface area contributed by atoms with Crippen LogP contribution in [0.3, 0.4) is 0 Å². The van der Waals surface area contributed by atoms with Crippen molar-refractivity contribution in [2.45, 2.75) is 40.2 Å². The molecule has 0 aromatic rings. The summed E-state index contributed by atoms with van der Waals surface area (Å²) in [6, 6.07) is 0.349. The van der Waals surface area contributed by atoms with E-state index >= 15 is 0 Å². The molecule has 0 bridgehead atoms. The predicted octanol–water partition coefficient (Wildman–Crippen LogP) is 0.829. The van der Waals surface area contributed by atoms with E-state index in [1.165, 1.54) is 0 Å². The molecule has 0 saturated carbocycles. The second-order valence-corrected chi connectivity index (χ2v) is 3.50.